The number of methoxy groups -OCH3 is 1. The van der Waals surface area contributed by atoms with Crippen LogP contribution in [0.4, 0.5) is 0 Å². The zero-order valence-corrected chi connectivity index (χ0v) is 12.7. The van der Waals surface area contributed by atoms with E-state index in [1.165, 1.54) is 13.4 Å². The fourth-order valence-corrected chi connectivity index (χ4v) is 2.41. The Labute approximate surface area is 136 Å². The highest BCUT2D eigenvalue weighted by Crippen LogP contribution is 2.24. The number of fused-ring (bicyclic) bond motifs is 1. The van der Waals surface area contributed by atoms with Crippen molar-refractivity contribution in [3.05, 3.63) is 65.0 Å². The van der Waals surface area contributed by atoms with E-state index in [1.807, 2.05) is 30.3 Å². The highest BCUT2D eigenvalue weighted by atomic mass is 16.5. The second kappa shape index (κ2) is 5.66. The zero-order chi connectivity index (χ0) is 16.5. The SMILES string of the molecule is COc1ccc2occ(-c3nnc(-c4ccccc4)o3)c(=O)c2c1. The molecule has 0 amide bonds. The fraction of sp³-hybridized carbons (Fsp3) is 0.0556. The van der Waals surface area contributed by atoms with Crippen LogP contribution in [0.5, 0.6) is 5.75 Å². The van der Waals surface area contributed by atoms with Crippen LogP contribution in [0.25, 0.3) is 33.9 Å². The van der Waals surface area contributed by atoms with Gasteiger partial charge < -0.3 is 13.6 Å². The smallest absolute Gasteiger partial charge is 0.255 e. The average molecular weight is 320 g/mol. The van der Waals surface area contributed by atoms with Gasteiger partial charge in [0.1, 0.15) is 23.2 Å². The molecule has 0 atom stereocenters. The minimum absolute atomic E-state index is 0.118. The van der Waals surface area contributed by atoms with E-state index < -0.39 is 0 Å². The van der Waals surface area contributed by atoms with Gasteiger partial charge in [0, 0.05) is 5.56 Å². The summed E-state index contributed by atoms with van der Waals surface area (Å²) in [5.74, 6) is 1.03. The molecule has 6 heteroatoms. The Bertz CT molecular complexity index is 1070. The van der Waals surface area contributed by atoms with Gasteiger partial charge in [0.05, 0.1) is 12.5 Å². The minimum atomic E-state index is -0.251. The second-order valence-electron chi connectivity index (χ2n) is 5.12. The van der Waals surface area contributed by atoms with Crippen molar-refractivity contribution in [2.75, 3.05) is 7.11 Å². The summed E-state index contributed by atoms with van der Waals surface area (Å²) >= 11 is 0. The molecule has 4 aromatic rings. The van der Waals surface area contributed by atoms with Crippen LogP contribution in [-0.2, 0) is 0 Å². The van der Waals surface area contributed by atoms with Crippen molar-refractivity contribution in [1.29, 1.82) is 0 Å². The van der Waals surface area contributed by atoms with Gasteiger partial charge in [-0.3, -0.25) is 4.79 Å². The highest BCUT2D eigenvalue weighted by Gasteiger charge is 2.16. The van der Waals surface area contributed by atoms with Crippen molar-refractivity contribution in [2.45, 2.75) is 0 Å². The molecule has 2 aromatic carbocycles. The maximum absolute atomic E-state index is 12.7. The number of hydrogen-bond donors (Lipinski definition) is 0. The van der Waals surface area contributed by atoms with Gasteiger partial charge in [0.25, 0.3) is 5.89 Å². The van der Waals surface area contributed by atoms with Crippen LogP contribution in [0, 0.1) is 0 Å². The number of aromatic nitrogens is 2. The first kappa shape index (κ1) is 14.2. The molecule has 6 nitrogen and oxygen atoms in total. The fourth-order valence-electron chi connectivity index (χ4n) is 2.41. The summed E-state index contributed by atoms with van der Waals surface area (Å²) < 4.78 is 16.3. The van der Waals surface area contributed by atoms with Gasteiger partial charge in [-0.15, -0.1) is 10.2 Å². The average Bonchev–Trinajstić information content (AvgIpc) is 3.12. The minimum Gasteiger partial charge on any atom is -0.497 e. The molecule has 0 bridgehead atoms. The molecular weight excluding hydrogens is 308 g/mol. The van der Waals surface area contributed by atoms with Crippen LogP contribution in [0.1, 0.15) is 0 Å². The molecule has 0 saturated carbocycles. The van der Waals surface area contributed by atoms with E-state index in [-0.39, 0.29) is 16.9 Å². The van der Waals surface area contributed by atoms with Crippen molar-refractivity contribution < 1.29 is 13.6 Å². The Morgan fingerprint density at radius 1 is 1.00 bits per heavy atom. The van der Waals surface area contributed by atoms with Crippen molar-refractivity contribution in [2.24, 2.45) is 0 Å². The zero-order valence-electron chi connectivity index (χ0n) is 12.7. The maximum atomic E-state index is 12.7. The topological polar surface area (TPSA) is 78.4 Å². The van der Waals surface area contributed by atoms with E-state index in [9.17, 15) is 4.79 Å². The molecule has 0 aliphatic carbocycles. The third kappa shape index (κ3) is 2.34. The highest BCUT2D eigenvalue weighted by molar-refractivity contribution is 5.81. The summed E-state index contributed by atoms with van der Waals surface area (Å²) in [5.41, 5.74) is 1.21. The number of nitrogens with zero attached hydrogens (tertiary/aromatic N) is 2. The number of ether oxygens (including phenoxy) is 1. The number of hydrogen-bond acceptors (Lipinski definition) is 6. The molecule has 0 fully saturated rings. The molecule has 24 heavy (non-hydrogen) atoms. The van der Waals surface area contributed by atoms with Gasteiger partial charge in [0.15, 0.2) is 0 Å². The van der Waals surface area contributed by atoms with Gasteiger partial charge in [-0.1, -0.05) is 18.2 Å². The molecule has 0 saturated heterocycles. The van der Waals surface area contributed by atoms with E-state index in [1.54, 1.807) is 18.2 Å². The first-order valence-corrected chi connectivity index (χ1v) is 7.25. The number of rotatable bonds is 3. The third-order valence-corrected chi connectivity index (χ3v) is 3.66. The second-order valence-corrected chi connectivity index (χ2v) is 5.12. The van der Waals surface area contributed by atoms with E-state index >= 15 is 0 Å². The first-order chi connectivity index (χ1) is 11.8. The first-order valence-electron chi connectivity index (χ1n) is 7.25. The van der Waals surface area contributed by atoms with E-state index in [4.69, 9.17) is 13.6 Å². The standard InChI is InChI=1S/C18H12N2O4/c1-22-12-7-8-15-13(9-12)16(21)14(10-23-15)18-20-19-17(24-18)11-5-3-2-4-6-11/h2-10H,1H3. The van der Waals surface area contributed by atoms with Crippen molar-refractivity contribution >= 4 is 11.0 Å². The molecule has 118 valence electrons. The normalized spacial score (nSPS) is 10.9. The summed E-state index contributed by atoms with van der Waals surface area (Å²) in [6.07, 6.45) is 1.33. The Hall–Kier alpha value is -3.41. The lowest BCUT2D eigenvalue weighted by Crippen LogP contribution is -2.05. The van der Waals surface area contributed by atoms with Crippen molar-refractivity contribution in [1.82, 2.24) is 10.2 Å². The predicted molar refractivity (Wildman–Crippen MR) is 87.8 cm³/mol. The summed E-state index contributed by atoms with van der Waals surface area (Å²) in [5, 5.41) is 8.36. The van der Waals surface area contributed by atoms with E-state index in [0.29, 0.717) is 22.6 Å². The largest absolute Gasteiger partial charge is 0.497 e. The predicted octanol–water partition coefficient (Wildman–Crippen LogP) is 3.52. The lowest BCUT2D eigenvalue weighted by molar-refractivity contribution is 0.415. The van der Waals surface area contributed by atoms with Gasteiger partial charge in [-0.2, -0.15) is 0 Å². The Morgan fingerprint density at radius 2 is 1.79 bits per heavy atom. The van der Waals surface area contributed by atoms with Gasteiger partial charge in [-0.05, 0) is 30.3 Å². The Balaban J connectivity index is 1.84. The van der Waals surface area contributed by atoms with E-state index in [2.05, 4.69) is 10.2 Å². The lowest BCUT2D eigenvalue weighted by atomic mass is 10.1. The van der Waals surface area contributed by atoms with Gasteiger partial charge in [-0.25, -0.2) is 0 Å². The van der Waals surface area contributed by atoms with Gasteiger partial charge in [0.2, 0.25) is 11.3 Å². The molecule has 4 rings (SSSR count). The maximum Gasteiger partial charge on any atom is 0.255 e. The van der Waals surface area contributed by atoms with Crippen LogP contribution >= 0.6 is 0 Å². The van der Waals surface area contributed by atoms with Crippen LogP contribution in [0.2, 0.25) is 0 Å². The van der Waals surface area contributed by atoms with Crippen molar-refractivity contribution in [3.63, 3.8) is 0 Å². The Morgan fingerprint density at radius 3 is 2.58 bits per heavy atom. The molecule has 0 radical (unpaired) electrons. The molecule has 0 aliphatic rings. The van der Waals surface area contributed by atoms with Crippen LogP contribution in [0.15, 0.2) is 68.4 Å². The molecule has 2 aromatic heterocycles. The summed E-state index contributed by atoms with van der Waals surface area (Å²) in [4.78, 5) is 12.7. The molecule has 0 spiro atoms. The van der Waals surface area contributed by atoms with Crippen molar-refractivity contribution in [3.8, 4) is 28.7 Å². The van der Waals surface area contributed by atoms with Crippen LogP contribution in [-0.4, -0.2) is 17.3 Å². The lowest BCUT2D eigenvalue weighted by Gasteiger charge is -2.02. The summed E-state index contributed by atoms with van der Waals surface area (Å²) in [6.45, 7) is 0. The summed E-state index contributed by atoms with van der Waals surface area (Å²) in [7, 11) is 1.54. The molecule has 2 heterocycles. The number of benzene rings is 2. The molecule has 0 N–H and O–H groups in total. The molecule has 0 unspecified atom stereocenters. The Kier molecular flexibility index (Phi) is 3.35. The summed E-state index contributed by atoms with van der Waals surface area (Å²) in [6, 6.07) is 14.4. The van der Waals surface area contributed by atoms with Crippen LogP contribution in [0.3, 0.4) is 0 Å². The van der Waals surface area contributed by atoms with Crippen LogP contribution < -0.4 is 10.2 Å². The quantitative estimate of drug-likeness (QED) is 0.575. The molecule has 0 aliphatic heterocycles. The van der Waals surface area contributed by atoms with E-state index in [0.717, 1.165) is 5.56 Å². The molecular formula is C18H12N2O4. The monoisotopic (exact) mass is 320 g/mol. The van der Waals surface area contributed by atoms with Gasteiger partial charge >= 0.3 is 0 Å². The third-order valence-electron chi connectivity index (χ3n) is 3.66.